The highest BCUT2D eigenvalue weighted by atomic mass is 16.5. The first-order chi connectivity index (χ1) is 8.65. The molecule has 1 N–H and O–H groups in total. The molecule has 1 heterocycles. The summed E-state index contributed by atoms with van der Waals surface area (Å²) in [5, 5.41) is 9.50. The SMILES string of the molecule is Cc1cccc(COc2cccc(C(C)O)c2)n1. The molecule has 0 saturated heterocycles. The number of pyridine rings is 1. The van der Waals surface area contributed by atoms with Crippen molar-refractivity contribution in [1.82, 2.24) is 4.98 Å². The Hall–Kier alpha value is -1.87. The van der Waals surface area contributed by atoms with Crippen molar-refractivity contribution in [2.75, 3.05) is 0 Å². The first kappa shape index (κ1) is 12.6. The molecule has 3 nitrogen and oxygen atoms in total. The molecule has 0 saturated carbocycles. The van der Waals surface area contributed by atoms with Crippen molar-refractivity contribution in [1.29, 1.82) is 0 Å². The predicted octanol–water partition coefficient (Wildman–Crippen LogP) is 3.02. The molecule has 2 aromatic rings. The summed E-state index contributed by atoms with van der Waals surface area (Å²) in [6.45, 7) is 4.13. The Morgan fingerprint density at radius 1 is 1.22 bits per heavy atom. The molecule has 1 unspecified atom stereocenters. The summed E-state index contributed by atoms with van der Waals surface area (Å²) in [5.74, 6) is 0.747. The number of ether oxygens (including phenoxy) is 1. The summed E-state index contributed by atoms with van der Waals surface area (Å²) >= 11 is 0. The number of hydrogen-bond donors (Lipinski definition) is 1. The molecular weight excluding hydrogens is 226 g/mol. The van der Waals surface area contributed by atoms with E-state index in [0.717, 1.165) is 22.7 Å². The van der Waals surface area contributed by atoms with E-state index in [1.54, 1.807) is 6.92 Å². The first-order valence-electron chi connectivity index (χ1n) is 5.98. The third kappa shape index (κ3) is 3.31. The summed E-state index contributed by atoms with van der Waals surface area (Å²) in [7, 11) is 0. The van der Waals surface area contributed by atoms with Gasteiger partial charge >= 0.3 is 0 Å². The van der Waals surface area contributed by atoms with Crippen molar-refractivity contribution >= 4 is 0 Å². The van der Waals surface area contributed by atoms with E-state index in [4.69, 9.17) is 4.74 Å². The minimum Gasteiger partial charge on any atom is -0.487 e. The van der Waals surface area contributed by atoms with Gasteiger partial charge in [0.2, 0.25) is 0 Å². The average molecular weight is 243 g/mol. The van der Waals surface area contributed by atoms with Crippen LogP contribution in [0.5, 0.6) is 5.75 Å². The van der Waals surface area contributed by atoms with Crippen LogP contribution in [-0.2, 0) is 6.61 Å². The fraction of sp³-hybridized carbons (Fsp3) is 0.267. The number of aryl methyl sites for hydroxylation is 1. The van der Waals surface area contributed by atoms with Crippen LogP contribution >= 0.6 is 0 Å². The molecule has 1 aromatic heterocycles. The molecule has 0 bridgehead atoms. The van der Waals surface area contributed by atoms with E-state index in [0.29, 0.717) is 6.61 Å². The second-order valence-electron chi connectivity index (χ2n) is 4.31. The molecular formula is C15H17NO2. The Labute approximate surface area is 107 Å². The highest BCUT2D eigenvalue weighted by Gasteiger charge is 2.03. The summed E-state index contributed by atoms with van der Waals surface area (Å²) in [4.78, 5) is 4.37. The van der Waals surface area contributed by atoms with Crippen LogP contribution in [0.15, 0.2) is 42.5 Å². The quantitative estimate of drug-likeness (QED) is 0.897. The van der Waals surface area contributed by atoms with Crippen LogP contribution in [0.1, 0.15) is 30.0 Å². The Morgan fingerprint density at radius 2 is 2.00 bits per heavy atom. The van der Waals surface area contributed by atoms with Crippen molar-refractivity contribution in [3.8, 4) is 5.75 Å². The van der Waals surface area contributed by atoms with Gasteiger partial charge in [0, 0.05) is 5.69 Å². The van der Waals surface area contributed by atoms with E-state index in [9.17, 15) is 5.11 Å². The van der Waals surface area contributed by atoms with E-state index in [-0.39, 0.29) is 0 Å². The maximum absolute atomic E-state index is 9.50. The van der Waals surface area contributed by atoms with Crippen molar-refractivity contribution in [2.45, 2.75) is 26.6 Å². The number of nitrogens with zero attached hydrogens (tertiary/aromatic N) is 1. The van der Waals surface area contributed by atoms with Gasteiger partial charge < -0.3 is 9.84 Å². The number of rotatable bonds is 4. The molecule has 2 rings (SSSR count). The molecule has 0 aliphatic rings. The molecule has 0 aliphatic carbocycles. The topological polar surface area (TPSA) is 42.4 Å². The molecule has 0 aliphatic heterocycles. The predicted molar refractivity (Wildman–Crippen MR) is 70.4 cm³/mol. The van der Waals surface area contributed by atoms with Crippen LogP contribution in [0.4, 0.5) is 0 Å². The lowest BCUT2D eigenvalue weighted by atomic mass is 10.1. The van der Waals surface area contributed by atoms with Crippen molar-refractivity contribution in [3.05, 3.63) is 59.4 Å². The monoisotopic (exact) mass is 243 g/mol. The van der Waals surface area contributed by atoms with Crippen LogP contribution in [0.25, 0.3) is 0 Å². The Bertz CT molecular complexity index is 523. The Kier molecular flexibility index (Phi) is 3.95. The van der Waals surface area contributed by atoms with Gasteiger partial charge in [0.15, 0.2) is 0 Å². The minimum absolute atomic E-state index is 0.435. The first-order valence-corrected chi connectivity index (χ1v) is 5.98. The van der Waals surface area contributed by atoms with E-state index >= 15 is 0 Å². The van der Waals surface area contributed by atoms with Crippen molar-refractivity contribution < 1.29 is 9.84 Å². The van der Waals surface area contributed by atoms with Gasteiger partial charge in [0.05, 0.1) is 11.8 Å². The van der Waals surface area contributed by atoms with Gasteiger partial charge in [-0.05, 0) is 43.7 Å². The Balaban J connectivity index is 2.04. The number of aromatic nitrogens is 1. The standard InChI is InChI=1S/C15H17NO2/c1-11-5-3-7-14(16-11)10-18-15-8-4-6-13(9-15)12(2)17/h3-9,12,17H,10H2,1-2H3. The minimum atomic E-state index is -0.481. The van der Waals surface area contributed by atoms with Gasteiger partial charge in [-0.2, -0.15) is 0 Å². The number of aliphatic hydroxyl groups excluding tert-OH is 1. The fourth-order valence-electron chi connectivity index (χ4n) is 1.70. The second kappa shape index (κ2) is 5.65. The smallest absolute Gasteiger partial charge is 0.130 e. The van der Waals surface area contributed by atoms with Gasteiger partial charge in [0.1, 0.15) is 12.4 Å². The molecule has 1 atom stereocenters. The van der Waals surface area contributed by atoms with Crippen LogP contribution in [0, 0.1) is 6.92 Å². The van der Waals surface area contributed by atoms with E-state index in [2.05, 4.69) is 4.98 Å². The zero-order chi connectivity index (χ0) is 13.0. The van der Waals surface area contributed by atoms with Gasteiger partial charge in [-0.15, -0.1) is 0 Å². The van der Waals surface area contributed by atoms with E-state index in [1.165, 1.54) is 0 Å². The van der Waals surface area contributed by atoms with Crippen LogP contribution in [-0.4, -0.2) is 10.1 Å². The van der Waals surface area contributed by atoms with E-state index in [1.807, 2.05) is 49.4 Å². The van der Waals surface area contributed by atoms with Crippen molar-refractivity contribution in [3.63, 3.8) is 0 Å². The molecule has 18 heavy (non-hydrogen) atoms. The zero-order valence-corrected chi connectivity index (χ0v) is 10.6. The maximum Gasteiger partial charge on any atom is 0.130 e. The molecule has 3 heteroatoms. The normalized spacial score (nSPS) is 12.2. The lowest BCUT2D eigenvalue weighted by Crippen LogP contribution is -2.00. The number of hydrogen-bond acceptors (Lipinski definition) is 3. The van der Waals surface area contributed by atoms with Gasteiger partial charge in [-0.25, -0.2) is 0 Å². The molecule has 0 amide bonds. The molecule has 1 aromatic carbocycles. The molecule has 0 fully saturated rings. The number of benzene rings is 1. The third-order valence-corrected chi connectivity index (χ3v) is 2.67. The average Bonchev–Trinajstić information content (AvgIpc) is 2.37. The fourth-order valence-corrected chi connectivity index (χ4v) is 1.70. The maximum atomic E-state index is 9.50. The second-order valence-corrected chi connectivity index (χ2v) is 4.31. The van der Waals surface area contributed by atoms with Gasteiger partial charge in [-0.3, -0.25) is 4.98 Å². The summed E-state index contributed by atoms with van der Waals surface area (Å²) in [6.07, 6.45) is -0.481. The Morgan fingerprint density at radius 3 is 2.72 bits per heavy atom. The lowest BCUT2D eigenvalue weighted by Gasteiger charge is -2.09. The highest BCUT2D eigenvalue weighted by Crippen LogP contribution is 2.19. The molecule has 0 spiro atoms. The summed E-state index contributed by atoms with van der Waals surface area (Å²) < 4.78 is 5.66. The summed E-state index contributed by atoms with van der Waals surface area (Å²) in [6, 6.07) is 13.3. The zero-order valence-electron chi connectivity index (χ0n) is 10.6. The molecule has 0 radical (unpaired) electrons. The van der Waals surface area contributed by atoms with Crippen LogP contribution < -0.4 is 4.74 Å². The van der Waals surface area contributed by atoms with Crippen LogP contribution in [0.3, 0.4) is 0 Å². The van der Waals surface area contributed by atoms with E-state index < -0.39 is 6.10 Å². The summed E-state index contributed by atoms with van der Waals surface area (Å²) in [5.41, 5.74) is 2.73. The number of aliphatic hydroxyl groups is 1. The highest BCUT2D eigenvalue weighted by molar-refractivity contribution is 5.29. The largest absolute Gasteiger partial charge is 0.487 e. The van der Waals surface area contributed by atoms with Crippen LogP contribution in [0.2, 0.25) is 0 Å². The van der Waals surface area contributed by atoms with Crippen molar-refractivity contribution in [2.24, 2.45) is 0 Å². The third-order valence-electron chi connectivity index (χ3n) is 2.67. The van der Waals surface area contributed by atoms with Gasteiger partial charge in [0.25, 0.3) is 0 Å². The lowest BCUT2D eigenvalue weighted by molar-refractivity contribution is 0.198. The molecule has 94 valence electrons. The van der Waals surface area contributed by atoms with Gasteiger partial charge in [-0.1, -0.05) is 18.2 Å².